The molecule has 0 spiro atoms. The molecule has 0 fully saturated rings. The maximum Gasteiger partial charge on any atom is 0.147 e. The Hall–Kier alpha value is -3.86. The monoisotopic (exact) mass is 534 g/mol. The number of hydrogen-bond acceptors (Lipinski definition) is 5. The fourth-order valence-corrected chi connectivity index (χ4v) is 4.75. The first-order valence-electron chi connectivity index (χ1n) is 14.8. The van der Waals surface area contributed by atoms with E-state index < -0.39 is 0 Å². The highest BCUT2D eigenvalue weighted by Gasteiger charge is 2.09. The summed E-state index contributed by atoms with van der Waals surface area (Å²) < 4.78 is 6.25. The number of nitrogens with zero attached hydrogens (tertiary/aromatic N) is 4. The first-order chi connectivity index (χ1) is 19.7. The molecule has 0 saturated carbocycles. The van der Waals surface area contributed by atoms with Gasteiger partial charge < -0.3 is 4.74 Å². The van der Waals surface area contributed by atoms with Crippen molar-refractivity contribution in [2.75, 3.05) is 6.61 Å². The number of benzene rings is 4. The van der Waals surface area contributed by atoms with E-state index in [9.17, 15) is 0 Å². The van der Waals surface area contributed by atoms with E-state index in [1.54, 1.807) is 0 Å². The molecule has 4 aromatic carbocycles. The fourth-order valence-electron chi connectivity index (χ4n) is 4.75. The van der Waals surface area contributed by atoms with Crippen LogP contribution in [0.4, 0.5) is 22.7 Å². The van der Waals surface area contributed by atoms with Crippen LogP contribution in [0.25, 0.3) is 10.8 Å². The Morgan fingerprint density at radius 3 is 2.02 bits per heavy atom. The highest BCUT2D eigenvalue weighted by Crippen LogP contribution is 2.38. The summed E-state index contributed by atoms with van der Waals surface area (Å²) in [7, 11) is 0. The van der Waals surface area contributed by atoms with Gasteiger partial charge in [-0.15, -0.1) is 5.11 Å². The molecule has 0 aliphatic heterocycles. The minimum Gasteiger partial charge on any atom is -0.491 e. The Balaban J connectivity index is 1.41. The van der Waals surface area contributed by atoms with Gasteiger partial charge in [0.05, 0.1) is 23.7 Å². The third-order valence-corrected chi connectivity index (χ3v) is 7.20. The van der Waals surface area contributed by atoms with Gasteiger partial charge in [-0.2, -0.15) is 15.3 Å². The quantitative estimate of drug-likeness (QED) is 0.110. The molecule has 5 heteroatoms. The molecule has 4 rings (SSSR count). The van der Waals surface area contributed by atoms with Gasteiger partial charge >= 0.3 is 0 Å². The van der Waals surface area contributed by atoms with Gasteiger partial charge in [-0.05, 0) is 67.1 Å². The average Bonchev–Trinajstić information content (AvgIpc) is 2.97. The van der Waals surface area contributed by atoms with Crippen LogP contribution in [0.2, 0.25) is 0 Å². The summed E-state index contributed by atoms with van der Waals surface area (Å²) >= 11 is 0. The van der Waals surface area contributed by atoms with Crippen LogP contribution < -0.4 is 4.74 Å². The van der Waals surface area contributed by atoms with E-state index in [-0.39, 0.29) is 0 Å². The van der Waals surface area contributed by atoms with Crippen molar-refractivity contribution in [3.8, 4) is 5.75 Å². The second-order valence-electron chi connectivity index (χ2n) is 10.5. The van der Waals surface area contributed by atoms with Gasteiger partial charge in [0, 0.05) is 5.39 Å². The molecule has 0 aliphatic carbocycles. The van der Waals surface area contributed by atoms with Gasteiger partial charge in [0.1, 0.15) is 11.4 Å². The first-order valence-corrected chi connectivity index (χ1v) is 14.8. The van der Waals surface area contributed by atoms with E-state index in [2.05, 4.69) is 40.5 Å². The molecule has 0 heterocycles. The van der Waals surface area contributed by atoms with E-state index in [1.807, 2.05) is 74.5 Å². The van der Waals surface area contributed by atoms with E-state index in [0.717, 1.165) is 56.8 Å². The van der Waals surface area contributed by atoms with Gasteiger partial charge in [-0.3, -0.25) is 0 Å². The maximum atomic E-state index is 6.25. The molecule has 0 radical (unpaired) electrons. The topological polar surface area (TPSA) is 58.7 Å². The van der Waals surface area contributed by atoms with E-state index >= 15 is 0 Å². The molecule has 40 heavy (non-hydrogen) atoms. The zero-order valence-electron chi connectivity index (χ0n) is 24.3. The number of aryl methyl sites for hydroxylation is 2. The number of rotatable bonds is 15. The summed E-state index contributed by atoms with van der Waals surface area (Å²) in [5, 5.41) is 20.3. The summed E-state index contributed by atoms with van der Waals surface area (Å²) in [6.07, 6.45) is 11.6. The molecule has 208 valence electrons. The van der Waals surface area contributed by atoms with Gasteiger partial charge in [0.15, 0.2) is 0 Å². The van der Waals surface area contributed by atoms with Gasteiger partial charge in [0.25, 0.3) is 0 Å². The SMILES string of the molecule is CCCCCCCCCCCOc1ccc2ccccc2c1/N=N/c1ccc(/N=N/c2ccccc2C)cc1C. The molecule has 0 atom stereocenters. The molecule has 0 aromatic heterocycles. The third-order valence-electron chi connectivity index (χ3n) is 7.20. The van der Waals surface area contributed by atoms with Crippen LogP contribution in [0.1, 0.15) is 75.8 Å². The molecule has 0 amide bonds. The van der Waals surface area contributed by atoms with Gasteiger partial charge in [-0.25, -0.2) is 0 Å². The van der Waals surface area contributed by atoms with E-state index in [0.29, 0.717) is 6.61 Å². The van der Waals surface area contributed by atoms with Crippen molar-refractivity contribution in [1.82, 2.24) is 0 Å². The molecular weight excluding hydrogens is 492 g/mol. The summed E-state index contributed by atoms with van der Waals surface area (Å²) in [5.41, 5.74) is 5.32. The van der Waals surface area contributed by atoms with Crippen LogP contribution in [-0.4, -0.2) is 6.61 Å². The minimum atomic E-state index is 0.691. The molecule has 5 nitrogen and oxygen atoms in total. The van der Waals surface area contributed by atoms with Gasteiger partial charge in [0.2, 0.25) is 0 Å². The molecule has 0 N–H and O–H groups in total. The number of fused-ring (bicyclic) bond motifs is 1. The van der Waals surface area contributed by atoms with Crippen LogP contribution in [0.15, 0.2) is 99.3 Å². The molecule has 0 saturated heterocycles. The highest BCUT2D eigenvalue weighted by atomic mass is 16.5. The zero-order valence-corrected chi connectivity index (χ0v) is 24.3. The normalized spacial score (nSPS) is 11.7. The lowest BCUT2D eigenvalue weighted by atomic mass is 10.1. The Morgan fingerprint density at radius 1 is 0.575 bits per heavy atom. The molecule has 4 aromatic rings. The summed E-state index contributed by atoms with van der Waals surface area (Å²) in [6.45, 7) is 7.01. The first kappa shape index (κ1) is 29.1. The Morgan fingerprint density at radius 2 is 1.25 bits per heavy atom. The largest absolute Gasteiger partial charge is 0.491 e. The minimum absolute atomic E-state index is 0.691. The lowest BCUT2D eigenvalue weighted by Gasteiger charge is -2.11. The Kier molecular flexibility index (Phi) is 11.4. The van der Waals surface area contributed by atoms with Crippen molar-refractivity contribution >= 4 is 33.5 Å². The predicted octanol–water partition coefficient (Wildman–Crippen LogP) is 12.2. The van der Waals surface area contributed by atoms with Crippen molar-refractivity contribution in [2.45, 2.75) is 78.6 Å². The van der Waals surface area contributed by atoms with Crippen molar-refractivity contribution in [3.05, 3.63) is 90.0 Å². The smallest absolute Gasteiger partial charge is 0.147 e. The number of hydrogen-bond donors (Lipinski definition) is 0. The summed E-state index contributed by atoms with van der Waals surface area (Å²) in [6, 6.07) is 26.2. The Labute approximate surface area is 239 Å². The second kappa shape index (κ2) is 15.7. The van der Waals surface area contributed by atoms with Crippen molar-refractivity contribution in [3.63, 3.8) is 0 Å². The molecule has 0 aliphatic rings. The molecule has 0 unspecified atom stereocenters. The molecular formula is C35H42N4O. The van der Waals surface area contributed by atoms with Gasteiger partial charge in [-0.1, -0.05) is 107 Å². The average molecular weight is 535 g/mol. The zero-order chi connectivity index (χ0) is 28.0. The maximum absolute atomic E-state index is 6.25. The third kappa shape index (κ3) is 8.57. The van der Waals surface area contributed by atoms with Crippen LogP contribution >= 0.6 is 0 Å². The van der Waals surface area contributed by atoms with E-state index in [1.165, 1.54) is 51.4 Å². The van der Waals surface area contributed by atoms with Crippen LogP contribution in [-0.2, 0) is 0 Å². The van der Waals surface area contributed by atoms with Crippen molar-refractivity contribution in [2.24, 2.45) is 20.5 Å². The Bertz CT molecular complexity index is 1430. The summed E-state index contributed by atoms with van der Waals surface area (Å²) in [4.78, 5) is 0. The molecule has 0 bridgehead atoms. The number of unbranched alkanes of at least 4 members (excludes halogenated alkanes) is 8. The van der Waals surface area contributed by atoms with Crippen LogP contribution in [0.3, 0.4) is 0 Å². The lowest BCUT2D eigenvalue weighted by Crippen LogP contribution is -1.98. The standard InChI is InChI=1S/C35H42N4O/c1-4-5-6-7-8-9-10-11-16-25-40-34-24-21-29-18-13-14-19-31(29)35(34)39-38-33-23-22-30(26-28(33)3)36-37-32-20-15-12-17-27(32)2/h12-15,17-24,26H,4-11,16,25H2,1-3H3/b37-36+,39-38+. The van der Waals surface area contributed by atoms with Crippen molar-refractivity contribution < 1.29 is 4.74 Å². The van der Waals surface area contributed by atoms with E-state index in [4.69, 9.17) is 9.85 Å². The lowest BCUT2D eigenvalue weighted by molar-refractivity contribution is 0.305. The van der Waals surface area contributed by atoms with Crippen molar-refractivity contribution in [1.29, 1.82) is 0 Å². The predicted molar refractivity (Wildman–Crippen MR) is 167 cm³/mol. The van der Waals surface area contributed by atoms with Crippen LogP contribution in [0, 0.1) is 13.8 Å². The fraction of sp³-hybridized carbons (Fsp3) is 0.371. The number of azo groups is 2. The summed E-state index contributed by atoms with van der Waals surface area (Å²) in [5.74, 6) is 0.781. The second-order valence-corrected chi connectivity index (χ2v) is 10.5. The highest BCUT2D eigenvalue weighted by molar-refractivity contribution is 5.95. The number of ether oxygens (including phenoxy) is 1. The van der Waals surface area contributed by atoms with Crippen LogP contribution in [0.5, 0.6) is 5.75 Å².